The van der Waals surface area contributed by atoms with Crippen LogP contribution in [0.15, 0.2) is 42.5 Å². The second kappa shape index (κ2) is 8.34. The second-order valence-electron chi connectivity index (χ2n) is 7.81. The lowest BCUT2D eigenvalue weighted by molar-refractivity contribution is 0.0546. The second-order valence-corrected chi connectivity index (χ2v) is 7.81. The Morgan fingerprint density at radius 1 is 1.00 bits per heavy atom. The summed E-state index contributed by atoms with van der Waals surface area (Å²) in [5.74, 6) is 0.491. The van der Waals surface area contributed by atoms with Crippen LogP contribution < -0.4 is 14.8 Å². The number of carbonyl (C=O) groups excluding carboxylic acids is 2. The molecule has 2 aromatic rings. The number of amides is 2. The Kier molecular flexibility index (Phi) is 5.61. The minimum absolute atomic E-state index is 0.0122. The maximum atomic E-state index is 13.3. The Balaban J connectivity index is 1.46. The highest BCUT2D eigenvalue weighted by Crippen LogP contribution is 2.38. The molecule has 7 heteroatoms. The van der Waals surface area contributed by atoms with E-state index in [-0.39, 0.29) is 35.8 Å². The smallest absolute Gasteiger partial charge is 0.258 e. The van der Waals surface area contributed by atoms with E-state index in [9.17, 15) is 14.0 Å². The van der Waals surface area contributed by atoms with Crippen LogP contribution in [0, 0.1) is 5.82 Å². The predicted molar refractivity (Wildman–Crippen MR) is 109 cm³/mol. The molecule has 0 aromatic heterocycles. The van der Waals surface area contributed by atoms with Gasteiger partial charge in [0.05, 0.1) is 19.8 Å². The molecule has 2 amide bonds. The van der Waals surface area contributed by atoms with Crippen molar-refractivity contribution in [2.75, 3.05) is 14.2 Å². The van der Waals surface area contributed by atoms with E-state index >= 15 is 0 Å². The van der Waals surface area contributed by atoms with Gasteiger partial charge in [0, 0.05) is 29.8 Å². The number of halogens is 1. The first-order chi connectivity index (χ1) is 14.5. The van der Waals surface area contributed by atoms with E-state index in [0.29, 0.717) is 35.5 Å². The largest absolute Gasteiger partial charge is 0.497 e. The van der Waals surface area contributed by atoms with Crippen LogP contribution in [0.1, 0.15) is 46.4 Å². The lowest BCUT2D eigenvalue weighted by Crippen LogP contribution is -2.52. The molecule has 1 unspecified atom stereocenters. The highest BCUT2D eigenvalue weighted by Gasteiger charge is 2.44. The molecular formula is C23H25FN2O4. The Morgan fingerprint density at radius 2 is 1.67 bits per heavy atom. The highest BCUT2D eigenvalue weighted by molar-refractivity contribution is 5.98. The molecule has 0 radical (unpaired) electrons. The number of nitrogens with zero attached hydrogens (tertiary/aromatic N) is 1. The van der Waals surface area contributed by atoms with Crippen LogP contribution in [0.2, 0.25) is 0 Å². The topological polar surface area (TPSA) is 67.9 Å². The number of piperidine rings is 1. The van der Waals surface area contributed by atoms with Crippen molar-refractivity contribution in [3.8, 4) is 11.5 Å². The van der Waals surface area contributed by atoms with Gasteiger partial charge in [0.2, 0.25) is 0 Å². The molecule has 2 aromatic carbocycles. The first-order valence-corrected chi connectivity index (χ1v) is 10.1. The average Bonchev–Trinajstić information content (AvgIpc) is 3.03. The van der Waals surface area contributed by atoms with Crippen molar-refractivity contribution in [3.05, 3.63) is 59.4 Å². The zero-order chi connectivity index (χ0) is 21.3. The van der Waals surface area contributed by atoms with E-state index in [0.717, 1.165) is 12.8 Å². The summed E-state index contributed by atoms with van der Waals surface area (Å²) < 4.78 is 23.7. The van der Waals surface area contributed by atoms with Crippen molar-refractivity contribution in [3.63, 3.8) is 0 Å². The third-order valence-electron chi connectivity index (χ3n) is 6.05. The summed E-state index contributed by atoms with van der Waals surface area (Å²) in [5.41, 5.74) is 0.953. The molecule has 2 aliphatic rings. The number of nitrogens with one attached hydrogen (secondary N) is 1. The summed E-state index contributed by atoms with van der Waals surface area (Å²) in [6.07, 6.45) is 3.23. The molecule has 158 valence electrons. The van der Waals surface area contributed by atoms with Gasteiger partial charge in [0.15, 0.2) is 0 Å². The summed E-state index contributed by atoms with van der Waals surface area (Å²) in [6.45, 7) is 0. The SMILES string of the molecule is COc1ccc(C(=O)N2[C@@H]3CC[C@H]2CC(NC(=O)c2ccc(F)cc2)C3)c(OC)c1. The standard InChI is InChI=1S/C23H25FN2O4/c1-29-19-9-10-20(21(13-19)30-2)23(28)26-17-7-8-18(26)12-16(11-17)25-22(27)14-3-5-15(24)6-4-14/h3-6,9-10,13,16-18H,7-8,11-12H2,1-2H3,(H,25,27)/t16?,17-,18+. The van der Waals surface area contributed by atoms with Crippen LogP contribution in [-0.2, 0) is 0 Å². The fraction of sp³-hybridized carbons (Fsp3) is 0.391. The molecule has 1 N–H and O–H groups in total. The number of hydrogen-bond acceptors (Lipinski definition) is 4. The van der Waals surface area contributed by atoms with Crippen LogP contribution >= 0.6 is 0 Å². The van der Waals surface area contributed by atoms with Crippen LogP contribution in [0.25, 0.3) is 0 Å². The van der Waals surface area contributed by atoms with Gasteiger partial charge >= 0.3 is 0 Å². The van der Waals surface area contributed by atoms with Crippen LogP contribution in [0.3, 0.4) is 0 Å². The lowest BCUT2D eigenvalue weighted by Gasteiger charge is -2.39. The minimum Gasteiger partial charge on any atom is -0.497 e. The van der Waals surface area contributed by atoms with Crippen molar-refractivity contribution in [1.29, 1.82) is 0 Å². The Bertz CT molecular complexity index is 933. The number of fused-ring (bicyclic) bond motifs is 2. The normalized spacial score (nSPS) is 22.5. The van der Waals surface area contributed by atoms with Crippen molar-refractivity contribution < 1.29 is 23.5 Å². The van der Waals surface area contributed by atoms with Gasteiger partial charge < -0.3 is 19.7 Å². The highest BCUT2D eigenvalue weighted by atomic mass is 19.1. The van der Waals surface area contributed by atoms with Crippen molar-refractivity contribution >= 4 is 11.8 Å². The van der Waals surface area contributed by atoms with Gasteiger partial charge in [-0.25, -0.2) is 4.39 Å². The van der Waals surface area contributed by atoms with Crippen molar-refractivity contribution in [2.24, 2.45) is 0 Å². The van der Waals surface area contributed by atoms with Crippen LogP contribution in [-0.4, -0.2) is 49.1 Å². The molecule has 3 atom stereocenters. The molecule has 2 fully saturated rings. The number of hydrogen-bond donors (Lipinski definition) is 1. The number of methoxy groups -OCH3 is 2. The fourth-order valence-electron chi connectivity index (χ4n) is 4.61. The maximum Gasteiger partial charge on any atom is 0.258 e. The van der Waals surface area contributed by atoms with E-state index in [4.69, 9.17) is 9.47 Å². The zero-order valence-electron chi connectivity index (χ0n) is 17.1. The van der Waals surface area contributed by atoms with Crippen molar-refractivity contribution in [2.45, 2.75) is 43.8 Å². The quantitative estimate of drug-likeness (QED) is 0.817. The molecule has 6 nitrogen and oxygen atoms in total. The predicted octanol–water partition coefficient (Wildman–Crippen LogP) is 3.41. The number of rotatable bonds is 5. The first kappa shape index (κ1) is 20.2. The van der Waals surface area contributed by atoms with E-state index in [1.165, 1.54) is 31.4 Å². The number of ether oxygens (including phenoxy) is 2. The van der Waals surface area contributed by atoms with E-state index in [2.05, 4.69) is 5.32 Å². The van der Waals surface area contributed by atoms with Gasteiger partial charge in [0.1, 0.15) is 17.3 Å². The van der Waals surface area contributed by atoms with Crippen LogP contribution in [0.4, 0.5) is 4.39 Å². The third kappa shape index (κ3) is 3.84. The van der Waals surface area contributed by atoms with Gasteiger partial charge in [0.25, 0.3) is 11.8 Å². The van der Waals surface area contributed by atoms with Crippen LogP contribution in [0.5, 0.6) is 11.5 Å². The van der Waals surface area contributed by atoms with Gasteiger partial charge in [-0.3, -0.25) is 9.59 Å². The molecule has 2 bridgehead atoms. The molecule has 0 saturated carbocycles. The van der Waals surface area contributed by atoms with Gasteiger partial charge in [-0.15, -0.1) is 0 Å². The van der Waals surface area contributed by atoms with E-state index in [1.54, 1.807) is 25.3 Å². The summed E-state index contributed by atoms with van der Waals surface area (Å²) in [7, 11) is 3.11. The Hall–Kier alpha value is -3.09. The zero-order valence-corrected chi connectivity index (χ0v) is 17.1. The van der Waals surface area contributed by atoms with Gasteiger partial charge in [-0.1, -0.05) is 0 Å². The lowest BCUT2D eigenvalue weighted by atomic mass is 9.95. The molecule has 30 heavy (non-hydrogen) atoms. The summed E-state index contributed by atoms with van der Waals surface area (Å²) in [5, 5.41) is 3.05. The van der Waals surface area contributed by atoms with Crippen molar-refractivity contribution in [1.82, 2.24) is 10.2 Å². The monoisotopic (exact) mass is 412 g/mol. The van der Waals surface area contributed by atoms with E-state index in [1.807, 2.05) is 4.90 Å². The molecule has 4 rings (SSSR count). The minimum atomic E-state index is -0.370. The molecule has 2 saturated heterocycles. The average molecular weight is 412 g/mol. The third-order valence-corrected chi connectivity index (χ3v) is 6.05. The maximum absolute atomic E-state index is 13.3. The molecule has 0 aliphatic carbocycles. The molecule has 2 aliphatic heterocycles. The van der Waals surface area contributed by atoms with E-state index < -0.39 is 0 Å². The molecule has 0 spiro atoms. The Morgan fingerprint density at radius 3 is 2.27 bits per heavy atom. The number of carbonyl (C=O) groups is 2. The molecule has 2 heterocycles. The Labute approximate surface area is 175 Å². The summed E-state index contributed by atoms with van der Waals surface area (Å²) in [6, 6.07) is 10.9. The number of benzene rings is 2. The molecular weight excluding hydrogens is 387 g/mol. The summed E-state index contributed by atoms with van der Waals surface area (Å²) >= 11 is 0. The fourth-order valence-corrected chi connectivity index (χ4v) is 4.61. The summed E-state index contributed by atoms with van der Waals surface area (Å²) in [4.78, 5) is 27.7. The van der Waals surface area contributed by atoms with Gasteiger partial charge in [-0.2, -0.15) is 0 Å². The first-order valence-electron chi connectivity index (χ1n) is 10.1. The van der Waals surface area contributed by atoms with Gasteiger partial charge in [-0.05, 0) is 62.1 Å².